The molecule has 2 heteroatoms. The SMILES string of the molecule is CC(C)(N)c1cccc2c1CCN2C1CCC1. The van der Waals surface area contributed by atoms with E-state index in [1.54, 1.807) is 0 Å². The molecule has 1 aromatic rings. The van der Waals surface area contributed by atoms with E-state index in [0.717, 1.165) is 6.04 Å². The van der Waals surface area contributed by atoms with Gasteiger partial charge in [0, 0.05) is 23.8 Å². The van der Waals surface area contributed by atoms with Crippen LogP contribution >= 0.6 is 0 Å². The van der Waals surface area contributed by atoms with E-state index < -0.39 is 0 Å². The van der Waals surface area contributed by atoms with E-state index in [9.17, 15) is 0 Å². The summed E-state index contributed by atoms with van der Waals surface area (Å²) in [6, 6.07) is 7.44. The molecule has 0 radical (unpaired) electrons. The van der Waals surface area contributed by atoms with Crippen LogP contribution < -0.4 is 10.6 Å². The molecule has 0 amide bonds. The summed E-state index contributed by atoms with van der Waals surface area (Å²) in [5.74, 6) is 0. The van der Waals surface area contributed by atoms with Crippen molar-refractivity contribution in [1.82, 2.24) is 0 Å². The average molecular weight is 230 g/mol. The van der Waals surface area contributed by atoms with Crippen molar-refractivity contribution in [3.05, 3.63) is 29.3 Å². The molecule has 0 spiro atoms. The van der Waals surface area contributed by atoms with Gasteiger partial charge in [0.2, 0.25) is 0 Å². The Bertz CT molecular complexity index is 427. The first-order valence-electron chi connectivity index (χ1n) is 6.75. The van der Waals surface area contributed by atoms with Gasteiger partial charge >= 0.3 is 0 Å². The van der Waals surface area contributed by atoms with E-state index >= 15 is 0 Å². The molecule has 2 nitrogen and oxygen atoms in total. The van der Waals surface area contributed by atoms with Gasteiger partial charge in [-0.25, -0.2) is 0 Å². The Hall–Kier alpha value is -1.02. The molecule has 0 unspecified atom stereocenters. The number of rotatable bonds is 2. The Morgan fingerprint density at radius 3 is 2.65 bits per heavy atom. The van der Waals surface area contributed by atoms with Crippen LogP contribution in [0.5, 0.6) is 0 Å². The fourth-order valence-electron chi connectivity index (χ4n) is 3.14. The predicted octanol–water partition coefficient (Wildman–Crippen LogP) is 2.80. The van der Waals surface area contributed by atoms with Crippen molar-refractivity contribution in [2.45, 2.75) is 51.1 Å². The molecule has 0 bridgehead atoms. The minimum atomic E-state index is -0.221. The second-order valence-corrected chi connectivity index (χ2v) is 6.05. The summed E-state index contributed by atoms with van der Waals surface area (Å²) >= 11 is 0. The van der Waals surface area contributed by atoms with E-state index in [4.69, 9.17) is 5.73 Å². The zero-order chi connectivity index (χ0) is 12.0. The van der Waals surface area contributed by atoms with Crippen molar-refractivity contribution >= 4 is 5.69 Å². The highest BCUT2D eigenvalue weighted by Crippen LogP contribution is 2.39. The molecule has 1 fully saturated rings. The van der Waals surface area contributed by atoms with Gasteiger partial charge in [0.1, 0.15) is 0 Å². The summed E-state index contributed by atoms with van der Waals surface area (Å²) in [7, 11) is 0. The first-order chi connectivity index (χ1) is 8.07. The third kappa shape index (κ3) is 1.75. The van der Waals surface area contributed by atoms with Gasteiger partial charge in [-0.15, -0.1) is 0 Å². The Labute approximate surface area is 104 Å². The molecule has 0 aromatic heterocycles. The quantitative estimate of drug-likeness (QED) is 0.846. The Kier molecular flexibility index (Phi) is 2.44. The maximum Gasteiger partial charge on any atom is 0.0405 e. The molecule has 3 rings (SSSR count). The number of anilines is 1. The second kappa shape index (κ2) is 3.74. The molecule has 0 atom stereocenters. The molecule has 1 aliphatic carbocycles. The van der Waals surface area contributed by atoms with Gasteiger partial charge in [0.25, 0.3) is 0 Å². The zero-order valence-corrected chi connectivity index (χ0v) is 10.9. The van der Waals surface area contributed by atoms with Crippen LogP contribution in [0.15, 0.2) is 18.2 Å². The smallest absolute Gasteiger partial charge is 0.0405 e. The predicted molar refractivity (Wildman–Crippen MR) is 72.3 cm³/mol. The Morgan fingerprint density at radius 2 is 2.06 bits per heavy atom. The Morgan fingerprint density at radius 1 is 1.29 bits per heavy atom. The first-order valence-corrected chi connectivity index (χ1v) is 6.75. The van der Waals surface area contributed by atoms with Gasteiger partial charge in [-0.1, -0.05) is 12.1 Å². The average Bonchev–Trinajstić information content (AvgIpc) is 2.58. The van der Waals surface area contributed by atoms with Crippen LogP contribution in [0.4, 0.5) is 5.69 Å². The molecule has 1 heterocycles. The number of fused-ring (bicyclic) bond motifs is 1. The van der Waals surface area contributed by atoms with Gasteiger partial charge in [0.15, 0.2) is 0 Å². The van der Waals surface area contributed by atoms with Gasteiger partial charge in [0.05, 0.1) is 0 Å². The van der Waals surface area contributed by atoms with Gasteiger partial charge in [-0.05, 0) is 56.7 Å². The van der Waals surface area contributed by atoms with Crippen LogP contribution in [0.2, 0.25) is 0 Å². The van der Waals surface area contributed by atoms with Crippen molar-refractivity contribution in [3.63, 3.8) is 0 Å². The van der Waals surface area contributed by atoms with Gasteiger partial charge < -0.3 is 10.6 Å². The van der Waals surface area contributed by atoms with Gasteiger partial charge in [-0.3, -0.25) is 0 Å². The van der Waals surface area contributed by atoms with Crippen molar-refractivity contribution in [3.8, 4) is 0 Å². The highest BCUT2D eigenvalue weighted by Gasteiger charge is 2.32. The van der Waals surface area contributed by atoms with E-state index in [2.05, 4.69) is 36.9 Å². The van der Waals surface area contributed by atoms with Crippen LogP contribution in [-0.4, -0.2) is 12.6 Å². The summed E-state index contributed by atoms with van der Waals surface area (Å²) < 4.78 is 0. The van der Waals surface area contributed by atoms with E-state index in [1.165, 1.54) is 49.0 Å². The maximum atomic E-state index is 6.28. The molecule has 2 N–H and O–H groups in total. The molecule has 17 heavy (non-hydrogen) atoms. The monoisotopic (exact) mass is 230 g/mol. The molecular weight excluding hydrogens is 208 g/mol. The second-order valence-electron chi connectivity index (χ2n) is 6.05. The van der Waals surface area contributed by atoms with Crippen LogP contribution in [0, 0.1) is 0 Å². The number of hydrogen-bond acceptors (Lipinski definition) is 2. The molecule has 1 aliphatic heterocycles. The number of benzene rings is 1. The summed E-state index contributed by atoms with van der Waals surface area (Å²) in [4.78, 5) is 2.61. The molecular formula is C15H22N2. The minimum absolute atomic E-state index is 0.221. The standard InChI is InChI=1S/C15H22N2/c1-15(2,16)13-7-4-8-14-12(13)9-10-17(14)11-5-3-6-11/h4,7-8,11H,3,5-6,9-10,16H2,1-2H3. The van der Waals surface area contributed by atoms with Crippen molar-refractivity contribution in [2.75, 3.05) is 11.4 Å². The molecule has 92 valence electrons. The van der Waals surface area contributed by atoms with Gasteiger partial charge in [-0.2, -0.15) is 0 Å². The van der Waals surface area contributed by atoms with Crippen molar-refractivity contribution in [2.24, 2.45) is 5.73 Å². The summed E-state index contributed by atoms with van der Waals surface area (Å²) in [6.07, 6.45) is 5.31. The minimum Gasteiger partial charge on any atom is -0.368 e. The van der Waals surface area contributed by atoms with E-state index in [1.807, 2.05) is 0 Å². The lowest BCUT2D eigenvalue weighted by atomic mass is 9.89. The van der Waals surface area contributed by atoms with Crippen molar-refractivity contribution in [1.29, 1.82) is 0 Å². The third-order valence-electron chi connectivity index (χ3n) is 4.27. The fourth-order valence-corrected chi connectivity index (χ4v) is 3.14. The zero-order valence-electron chi connectivity index (χ0n) is 10.9. The summed E-state index contributed by atoms with van der Waals surface area (Å²) in [6.45, 7) is 5.40. The molecule has 1 aromatic carbocycles. The summed E-state index contributed by atoms with van der Waals surface area (Å²) in [5.41, 5.74) is 10.3. The van der Waals surface area contributed by atoms with Crippen LogP contribution in [0.3, 0.4) is 0 Å². The maximum absolute atomic E-state index is 6.28. The van der Waals surface area contributed by atoms with E-state index in [0.29, 0.717) is 0 Å². The number of hydrogen-bond donors (Lipinski definition) is 1. The highest BCUT2D eigenvalue weighted by atomic mass is 15.2. The summed E-state index contributed by atoms with van der Waals surface area (Å²) in [5, 5.41) is 0. The molecule has 2 aliphatic rings. The third-order valence-corrected chi connectivity index (χ3v) is 4.27. The number of nitrogens with zero attached hydrogens (tertiary/aromatic N) is 1. The van der Waals surface area contributed by atoms with Crippen molar-refractivity contribution < 1.29 is 0 Å². The lowest BCUT2D eigenvalue weighted by Gasteiger charge is -2.37. The van der Waals surface area contributed by atoms with E-state index in [-0.39, 0.29) is 5.54 Å². The van der Waals surface area contributed by atoms with Crippen LogP contribution in [-0.2, 0) is 12.0 Å². The number of nitrogens with two attached hydrogens (primary N) is 1. The topological polar surface area (TPSA) is 29.3 Å². The highest BCUT2D eigenvalue weighted by molar-refractivity contribution is 5.62. The normalized spacial score (nSPS) is 20.3. The van der Waals surface area contributed by atoms with Crippen LogP contribution in [0.25, 0.3) is 0 Å². The molecule has 0 saturated heterocycles. The first kappa shape index (κ1) is 11.1. The fraction of sp³-hybridized carbons (Fsp3) is 0.600. The largest absolute Gasteiger partial charge is 0.368 e. The lowest BCUT2D eigenvalue weighted by molar-refractivity contribution is 0.392. The lowest BCUT2D eigenvalue weighted by Crippen LogP contribution is -2.38. The molecule has 1 saturated carbocycles. The Balaban J connectivity index is 1.99. The van der Waals surface area contributed by atoms with Crippen LogP contribution in [0.1, 0.15) is 44.2 Å².